The van der Waals surface area contributed by atoms with E-state index in [-0.39, 0.29) is 5.91 Å². The number of carbonyl (C=O) groups excluding carboxylic acids is 1. The molecule has 0 fully saturated rings. The quantitative estimate of drug-likeness (QED) is 0.805. The number of amides is 1. The van der Waals surface area contributed by atoms with Crippen LogP contribution >= 0.6 is 0 Å². The minimum absolute atomic E-state index is 0.0402. The maximum atomic E-state index is 13.1. The van der Waals surface area contributed by atoms with E-state index in [0.29, 0.717) is 30.8 Å². The molecule has 19 heavy (non-hydrogen) atoms. The number of halogens is 1. The Morgan fingerprint density at radius 1 is 1.47 bits per heavy atom. The minimum atomic E-state index is -0.797. The van der Waals surface area contributed by atoms with Gasteiger partial charge in [-0.3, -0.25) is 4.79 Å². The number of carbonyl (C=O) groups is 1. The second kappa shape index (κ2) is 7.09. The van der Waals surface area contributed by atoms with Gasteiger partial charge in [-0.2, -0.15) is 0 Å². The van der Waals surface area contributed by atoms with Crippen molar-refractivity contribution in [3.8, 4) is 5.75 Å². The van der Waals surface area contributed by atoms with Crippen molar-refractivity contribution in [3.05, 3.63) is 29.6 Å². The van der Waals surface area contributed by atoms with Crippen molar-refractivity contribution in [3.63, 3.8) is 0 Å². The Hall–Kier alpha value is -1.62. The van der Waals surface area contributed by atoms with Gasteiger partial charge in [0.15, 0.2) is 0 Å². The lowest BCUT2D eigenvalue weighted by Gasteiger charge is -2.14. The second-order valence-corrected chi connectivity index (χ2v) is 4.60. The van der Waals surface area contributed by atoms with Crippen LogP contribution in [0.2, 0.25) is 0 Å². The summed E-state index contributed by atoms with van der Waals surface area (Å²) < 4.78 is 18.6. The Balaban J connectivity index is 2.52. The van der Waals surface area contributed by atoms with Crippen LogP contribution in [0.25, 0.3) is 0 Å². The lowest BCUT2D eigenvalue weighted by Crippen LogP contribution is -2.21. The van der Waals surface area contributed by atoms with Crippen LogP contribution in [0.5, 0.6) is 5.75 Å². The van der Waals surface area contributed by atoms with Crippen LogP contribution < -0.4 is 4.74 Å². The third-order valence-electron chi connectivity index (χ3n) is 2.71. The van der Waals surface area contributed by atoms with Crippen molar-refractivity contribution in [2.45, 2.75) is 25.9 Å². The first kappa shape index (κ1) is 15.4. The highest BCUT2D eigenvalue weighted by Gasteiger charge is 2.11. The van der Waals surface area contributed by atoms with Gasteiger partial charge in [0.25, 0.3) is 0 Å². The van der Waals surface area contributed by atoms with E-state index in [1.165, 1.54) is 23.1 Å². The number of nitrogens with zero attached hydrogens (tertiary/aromatic N) is 1. The van der Waals surface area contributed by atoms with Crippen molar-refractivity contribution < 1.29 is 19.0 Å². The largest absolute Gasteiger partial charge is 0.493 e. The number of ether oxygens (including phenoxy) is 1. The summed E-state index contributed by atoms with van der Waals surface area (Å²) >= 11 is 0. The van der Waals surface area contributed by atoms with Gasteiger partial charge in [-0.1, -0.05) is 0 Å². The van der Waals surface area contributed by atoms with Crippen LogP contribution in [-0.2, 0) is 4.79 Å². The van der Waals surface area contributed by atoms with E-state index in [1.807, 2.05) is 0 Å². The molecule has 1 aromatic rings. The van der Waals surface area contributed by atoms with Crippen molar-refractivity contribution in [1.29, 1.82) is 0 Å². The lowest BCUT2D eigenvalue weighted by molar-refractivity contribution is -0.128. The zero-order valence-electron chi connectivity index (χ0n) is 11.5. The first-order valence-electron chi connectivity index (χ1n) is 6.22. The fraction of sp³-hybridized carbons (Fsp3) is 0.500. The highest BCUT2D eigenvalue weighted by atomic mass is 19.1. The number of aliphatic hydroxyl groups is 1. The predicted molar refractivity (Wildman–Crippen MR) is 70.5 cm³/mol. The number of hydrogen-bond acceptors (Lipinski definition) is 3. The fourth-order valence-corrected chi connectivity index (χ4v) is 1.61. The topological polar surface area (TPSA) is 49.8 Å². The van der Waals surface area contributed by atoms with Crippen LogP contribution in [0, 0.1) is 5.82 Å². The van der Waals surface area contributed by atoms with Crippen LogP contribution in [0.4, 0.5) is 4.39 Å². The molecule has 0 radical (unpaired) electrons. The molecule has 4 nitrogen and oxygen atoms in total. The molecule has 1 aromatic carbocycles. The van der Waals surface area contributed by atoms with Crippen molar-refractivity contribution in [1.82, 2.24) is 4.90 Å². The fourth-order valence-electron chi connectivity index (χ4n) is 1.61. The van der Waals surface area contributed by atoms with Gasteiger partial charge in [0.1, 0.15) is 11.6 Å². The molecule has 0 aliphatic rings. The van der Waals surface area contributed by atoms with E-state index in [4.69, 9.17) is 4.74 Å². The van der Waals surface area contributed by atoms with Gasteiger partial charge in [0, 0.05) is 26.1 Å². The van der Waals surface area contributed by atoms with E-state index < -0.39 is 11.9 Å². The summed E-state index contributed by atoms with van der Waals surface area (Å²) in [6.45, 7) is 1.90. The molecule has 5 heteroatoms. The second-order valence-electron chi connectivity index (χ2n) is 4.60. The van der Waals surface area contributed by atoms with Crippen LogP contribution in [0.15, 0.2) is 18.2 Å². The molecular formula is C14H20FNO3. The molecule has 0 bridgehead atoms. The van der Waals surface area contributed by atoms with Gasteiger partial charge in [-0.05, 0) is 31.5 Å². The van der Waals surface area contributed by atoms with Gasteiger partial charge in [-0.15, -0.1) is 0 Å². The molecule has 0 spiro atoms. The molecule has 0 aliphatic carbocycles. The molecule has 0 unspecified atom stereocenters. The number of rotatable bonds is 6. The lowest BCUT2D eigenvalue weighted by atomic mass is 10.1. The Kier molecular flexibility index (Phi) is 5.76. The molecule has 1 N–H and O–H groups in total. The van der Waals surface area contributed by atoms with Crippen LogP contribution in [0.3, 0.4) is 0 Å². The summed E-state index contributed by atoms with van der Waals surface area (Å²) in [5.41, 5.74) is 0.416. The van der Waals surface area contributed by atoms with Gasteiger partial charge < -0.3 is 14.7 Å². The summed E-state index contributed by atoms with van der Waals surface area (Å²) in [6.07, 6.45) is 0.181. The Labute approximate surface area is 112 Å². The Morgan fingerprint density at radius 3 is 2.74 bits per heavy atom. The smallest absolute Gasteiger partial charge is 0.222 e. The molecule has 0 aliphatic heterocycles. The monoisotopic (exact) mass is 269 g/mol. The highest BCUT2D eigenvalue weighted by Crippen LogP contribution is 2.26. The SMILES string of the molecule is C[C@H](O)c1cc(F)ccc1OCCCC(=O)N(C)C. The van der Waals surface area contributed by atoms with Crippen molar-refractivity contribution >= 4 is 5.91 Å². The van der Waals surface area contributed by atoms with Crippen molar-refractivity contribution in [2.75, 3.05) is 20.7 Å². The summed E-state index contributed by atoms with van der Waals surface area (Å²) in [7, 11) is 3.41. The van der Waals surface area contributed by atoms with E-state index in [2.05, 4.69) is 0 Å². The van der Waals surface area contributed by atoms with Crippen LogP contribution in [0.1, 0.15) is 31.4 Å². The first-order chi connectivity index (χ1) is 8.91. The highest BCUT2D eigenvalue weighted by molar-refractivity contribution is 5.75. The average molecular weight is 269 g/mol. The molecule has 0 aromatic heterocycles. The van der Waals surface area contributed by atoms with E-state index in [9.17, 15) is 14.3 Å². The molecular weight excluding hydrogens is 249 g/mol. The number of benzene rings is 1. The number of aliphatic hydroxyl groups excluding tert-OH is 1. The Bertz CT molecular complexity index is 433. The molecule has 106 valence electrons. The standard InChI is InChI=1S/C14H20FNO3/c1-10(17)12-9-11(15)6-7-13(12)19-8-4-5-14(18)16(2)3/h6-7,9-10,17H,4-5,8H2,1-3H3/t10-/m0/s1. The zero-order chi connectivity index (χ0) is 14.4. The Morgan fingerprint density at radius 2 is 2.16 bits per heavy atom. The van der Waals surface area contributed by atoms with E-state index in [1.54, 1.807) is 21.0 Å². The summed E-state index contributed by atoms with van der Waals surface area (Å²) in [6, 6.07) is 4.03. The third kappa shape index (κ3) is 4.87. The summed E-state index contributed by atoms with van der Waals surface area (Å²) in [5.74, 6) is 0.0817. The molecule has 0 saturated heterocycles. The van der Waals surface area contributed by atoms with Gasteiger partial charge >= 0.3 is 0 Å². The van der Waals surface area contributed by atoms with Gasteiger partial charge in [0.05, 0.1) is 12.7 Å². The molecule has 1 amide bonds. The van der Waals surface area contributed by atoms with Gasteiger partial charge in [-0.25, -0.2) is 4.39 Å². The van der Waals surface area contributed by atoms with E-state index >= 15 is 0 Å². The normalized spacial score (nSPS) is 12.1. The molecule has 0 saturated carbocycles. The molecule has 0 heterocycles. The van der Waals surface area contributed by atoms with Crippen molar-refractivity contribution in [2.24, 2.45) is 0 Å². The maximum absolute atomic E-state index is 13.1. The summed E-state index contributed by atoms with van der Waals surface area (Å²) in [4.78, 5) is 12.9. The summed E-state index contributed by atoms with van der Waals surface area (Å²) in [5, 5.41) is 9.54. The zero-order valence-corrected chi connectivity index (χ0v) is 11.5. The number of hydrogen-bond donors (Lipinski definition) is 1. The van der Waals surface area contributed by atoms with E-state index in [0.717, 1.165) is 0 Å². The first-order valence-corrected chi connectivity index (χ1v) is 6.22. The average Bonchev–Trinajstić information content (AvgIpc) is 2.35. The predicted octanol–water partition coefficient (Wildman–Crippen LogP) is 2.13. The maximum Gasteiger partial charge on any atom is 0.222 e. The minimum Gasteiger partial charge on any atom is -0.493 e. The molecule has 1 atom stereocenters. The third-order valence-corrected chi connectivity index (χ3v) is 2.71. The molecule has 1 rings (SSSR count). The van der Waals surface area contributed by atoms with Gasteiger partial charge in [0.2, 0.25) is 5.91 Å². The van der Waals surface area contributed by atoms with Crippen LogP contribution in [-0.4, -0.2) is 36.6 Å².